The fourth-order valence-electron chi connectivity index (χ4n) is 1.70. The van der Waals surface area contributed by atoms with Gasteiger partial charge in [0.25, 0.3) is 0 Å². The first-order valence-corrected chi connectivity index (χ1v) is 8.36. The van der Waals surface area contributed by atoms with Crippen LogP contribution in [0.5, 0.6) is 0 Å². The van der Waals surface area contributed by atoms with Crippen molar-refractivity contribution < 1.29 is 4.52 Å². The smallest absolute Gasteiger partial charge is 0.222 e. The molecule has 0 aliphatic carbocycles. The van der Waals surface area contributed by atoms with Crippen molar-refractivity contribution in [3.8, 4) is 0 Å². The van der Waals surface area contributed by atoms with Crippen LogP contribution in [0.1, 0.15) is 18.6 Å². The Kier molecular flexibility index (Phi) is 3.20. The zero-order valence-corrected chi connectivity index (χ0v) is 11.1. The van der Waals surface area contributed by atoms with Crippen LogP contribution in [0.15, 0.2) is 30.3 Å². The van der Waals surface area contributed by atoms with E-state index in [0.717, 1.165) is 5.56 Å². The molecule has 1 fully saturated rings. The fraction of sp³-hybridized carbons (Fsp3) is 0.400. The second kappa shape index (κ2) is 4.15. The second-order valence-electron chi connectivity index (χ2n) is 3.70. The van der Waals surface area contributed by atoms with E-state index >= 15 is 0 Å². The highest BCUT2D eigenvalue weighted by Gasteiger charge is 2.41. The van der Waals surface area contributed by atoms with Crippen LogP contribution in [0.4, 0.5) is 0 Å². The summed E-state index contributed by atoms with van der Waals surface area (Å²) in [7, 11) is 1.93. The zero-order chi connectivity index (χ0) is 11.1. The van der Waals surface area contributed by atoms with E-state index in [-0.39, 0.29) is 12.1 Å². The topological polar surface area (TPSA) is 12.5 Å². The summed E-state index contributed by atoms with van der Waals surface area (Å²) >= 11 is 11.5. The SMILES string of the molecule is C[C@H]1[C@@H](c2ccccc2)O[P@@](=S)(Cl)N1C. The van der Waals surface area contributed by atoms with E-state index in [1.807, 2.05) is 42.0 Å². The molecule has 0 radical (unpaired) electrons. The number of hydrogen-bond donors (Lipinski definition) is 0. The van der Waals surface area contributed by atoms with Crippen LogP contribution < -0.4 is 0 Å². The molecule has 2 rings (SSSR count). The minimum absolute atomic E-state index is 0.000432. The lowest BCUT2D eigenvalue weighted by atomic mass is 10.0. The van der Waals surface area contributed by atoms with Gasteiger partial charge < -0.3 is 4.52 Å². The van der Waals surface area contributed by atoms with Gasteiger partial charge >= 0.3 is 0 Å². The average molecular weight is 262 g/mol. The normalized spacial score (nSPS) is 37.0. The van der Waals surface area contributed by atoms with Crippen molar-refractivity contribution in [2.75, 3.05) is 7.05 Å². The minimum Gasteiger partial charge on any atom is -0.317 e. The molecule has 2 nitrogen and oxygen atoms in total. The van der Waals surface area contributed by atoms with Gasteiger partial charge in [0.05, 0.1) is 0 Å². The monoisotopic (exact) mass is 261 g/mol. The summed E-state index contributed by atoms with van der Waals surface area (Å²) in [6, 6.07) is 10.3. The molecule has 0 aromatic heterocycles. The Morgan fingerprint density at radius 3 is 2.47 bits per heavy atom. The molecule has 15 heavy (non-hydrogen) atoms. The van der Waals surface area contributed by atoms with Gasteiger partial charge in [-0.1, -0.05) is 30.3 Å². The van der Waals surface area contributed by atoms with Crippen LogP contribution in [0, 0.1) is 0 Å². The van der Waals surface area contributed by atoms with Crippen molar-refractivity contribution in [3.05, 3.63) is 35.9 Å². The molecule has 0 N–H and O–H groups in total. The molecule has 1 aliphatic rings. The van der Waals surface area contributed by atoms with E-state index < -0.39 is 5.77 Å². The van der Waals surface area contributed by atoms with Crippen LogP contribution in [-0.4, -0.2) is 17.8 Å². The molecule has 1 aromatic rings. The van der Waals surface area contributed by atoms with Gasteiger partial charge in [-0.3, -0.25) is 0 Å². The molecule has 1 aliphatic heterocycles. The Labute approximate surface area is 100 Å². The maximum absolute atomic E-state index is 6.19. The molecule has 0 spiro atoms. The second-order valence-corrected chi connectivity index (χ2v) is 8.91. The largest absolute Gasteiger partial charge is 0.317 e. The first kappa shape index (κ1) is 11.6. The number of nitrogens with zero attached hydrogens (tertiary/aromatic N) is 1. The summed E-state index contributed by atoms with van der Waals surface area (Å²) in [6.45, 7) is 2.09. The van der Waals surface area contributed by atoms with Crippen molar-refractivity contribution in [2.45, 2.75) is 19.1 Å². The number of benzene rings is 1. The van der Waals surface area contributed by atoms with E-state index in [9.17, 15) is 0 Å². The highest BCUT2D eigenvalue weighted by atomic mass is 35.7. The van der Waals surface area contributed by atoms with Crippen LogP contribution in [0.2, 0.25) is 0 Å². The first-order valence-electron chi connectivity index (χ1n) is 4.79. The number of hydrogen-bond acceptors (Lipinski definition) is 2. The predicted molar refractivity (Wildman–Crippen MR) is 67.6 cm³/mol. The molecule has 5 heteroatoms. The van der Waals surface area contributed by atoms with Gasteiger partial charge in [0.1, 0.15) is 6.10 Å². The maximum atomic E-state index is 6.19. The highest BCUT2D eigenvalue weighted by Crippen LogP contribution is 2.65. The van der Waals surface area contributed by atoms with Gasteiger partial charge in [0.2, 0.25) is 5.77 Å². The summed E-state index contributed by atoms with van der Waals surface area (Å²) in [6.07, 6.45) is -0.000432. The van der Waals surface area contributed by atoms with Crippen LogP contribution >= 0.6 is 17.0 Å². The Balaban J connectivity index is 2.31. The first-order chi connectivity index (χ1) is 7.02. The van der Waals surface area contributed by atoms with Gasteiger partial charge in [-0.2, -0.15) is 0 Å². The van der Waals surface area contributed by atoms with Gasteiger partial charge in [-0.15, -0.1) is 0 Å². The fourth-order valence-corrected chi connectivity index (χ4v) is 4.38. The lowest BCUT2D eigenvalue weighted by Gasteiger charge is -2.18. The molecule has 82 valence electrons. The number of halogens is 1. The standard InChI is InChI=1S/C10H13ClNOPS/c1-8-10(9-6-4-3-5-7-9)13-14(11,15)12(8)2/h3-8,10H,1-2H3/t8-,10-,14+/m0/s1. The maximum Gasteiger partial charge on any atom is 0.222 e. The van der Waals surface area contributed by atoms with E-state index in [1.54, 1.807) is 0 Å². The Hall–Kier alpha value is 0.0800. The van der Waals surface area contributed by atoms with Crippen LogP contribution in [0.25, 0.3) is 0 Å². The van der Waals surface area contributed by atoms with E-state index in [4.69, 9.17) is 27.6 Å². The Bertz CT molecular complexity index is 400. The summed E-state index contributed by atoms with van der Waals surface area (Å²) in [5, 5.41) is 0. The molecule has 0 saturated carbocycles. The molecule has 0 bridgehead atoms. The lowest BCUT2D eigenvalue weighted by molar-refractivity contribution is 0.218. The molecule has 1 saturated heterocycles. The third kappa shape index (κ3) is 2.13. The molecule has 0 unspecified atom stereocenters. The van der Waals surface area contributed by atoms with Crippen LogP contribution in [-0.2, 0) is 16.3 Å². The highest BCUT2D eigenvalue weighted by molar-refractivity contribution is 8.23. The summed E-state index contributed by atoms with van der Waals surface area (Å²) in [5.74, 6) is -2.27. The van der Waals surface area contributed by atoms with E-state index in [1.165, 1.54) is 0 Å². The molecule has 3 atom stereocenters. The van der Waals surface area contributed by atoms with Gasteiger partial charge in [-0.25, -0.2) is 4.67 Å². The third-order valence-electron chi connectivity index (χ3n) is 2.78. The zero-order valence-electron chi connectivity index (χ0n) is 8.63. The van der Waals surface area contributed by atoms with E-state index in [2.05, 4.69) is 6.92 Å². The average Bonchev–Trinajstić information content (AvgIpc) is 2.44. The van der Waals surface area contributed by atoms with Crippen molar-refractivity contribution in [2.24, 2.45) is 0 Å². The predicted octanol–water partition coefficient (Wildman–Crippen LogP) is 3.54. The number of rotatable bonds is 1. The minimum atomic E-state index is -2.27. The molecule has 0 amide bonds. The van der Waals surface area contributed by atoms with Crippen molar-refractivity contribution >= 4 is 28.8 Å². The quantitative estimate of drug-likeness (QED) is 0.718. The van der Waals surface area contributed by atoms with Crippen LogP contribution in [0.3, 0.4) is 0 Å². The summed E-state index contributed by atoms with van der Waals surface area (Å²) in [4.78, 5) is 0. The Morgan fingerprint density at radius 2 is 2.00 bits per heavy atom. The van der Waals surface area contributed by atoms with Gasteiger partial charge in [-0.05, 0) is 42.6 Å². The number of likely N-dealkylation sites (N-methyl/N-ethyl adjacent to an activating group) is 1. The lowest BCUT2D eigenvalue weighted by Crippen LogP contribution is -2.22. The van der Waals surface area contributed by atoms with E-state index in [0.29, 0.717) is 0 Å². The summed E-state index contributed by atoms with van der Waals surface area (Å²) < 4.78 is 7.75. The molecular weight excluding hydrogens is 249 g/mol. The van der Waals surface area contributed by atoms with Crippen molar-refractivity contribution in [3.63, 3.8) is 0 Å². The third-order valence-corrected chi connectivity index (χ3v) is 6.37. The Morgan fingerprint density at radius 1 is 1.40 bits per heavy atom. The van der Waals surface area contributed by atoms with Gasteiger partial charge in [0.15, 0.2) is 0 Å². The molecule has 1 heterocycles. The van der Waals surface area contributed by atoms with Crippen molar-refractivity contribution in [1.82, 2.24) is 4.67 Å². The van der Waals surface area contributed by atoms with Crippen molar-refractivity contribution in [1.29, 1.82) is 0 Å². The summed E-state index contributed by atoms with van der Waals surface area (Å²) in [5.41, 5.74) is 1.14. The van der Waals surface area contributed by atoms with Gasteiger partial charge in [0, 0.05) is 6.04 Å². The molecule has 1 aromatic carbocycles. The molecular formula is C10H13ClNOPS.